The average molecular weight is 123 g/mol. The zero-order valence-corrected chi connectivity index (χ0v) is 5.42. The SMILES string of the molecule is [CH]C1([CH])CC(CC)=NO1. The van der Waals surface area contributed by atoms with Crippen molar-refractivity contribution in [2.45, 2.75) is 25.4 Å². The van der Waals surface area contributed by atoms with E-state index < -0.39 is 5.60 Å². The third-order valence-electron chi connectivity index (χ3n) is 1.23. The Bertz CT molecular complexity index is 138. The molecule has 0 aliphatic carbocycles. The van der Waals surface area contributed by atoms with E-state index >= 15 is 0 Å². The molecule has 2 nitrogen and oxygen atoms in total. The lowest BCUT2D eigenvalue weighted by Crippen LogP contribution is -2.19. The molecule has 0 atom stereocenters. The number of hydrogen-bond donors (Lipinski definition) is 0. The van der Waals surface area contributed by atoms with Crippen molar-refractivity contribution in [2.24, 2.45) is 5.16 Å². The molecule has 0 fully saturated rings. The zero-order chi connectivity index (χ0) is 6.91. The number of hydrogen-bond acceptors (Lipinski definition) is 2. The highest BCUT2D eigenvalue weighted by atomic mass is 16.7. The van der Waals surface area contributed by atoms with Gasteiger partial charge in [-0.25, -0.2) is 0 Å². The van der Waals surface area contributed by atoms with Crippen LogP contribution >= 0.6 is 0 Å². The molecule has 0 aromatic heterocycles. The maximum atomic E-state index is 5.38. The molecular formula is C7H9NO. The molecule has 0 saturated heterocycles. The second kappa shape index (κ2) is 2.01. The monoisotopic (exact) mass is 123 g/mol. The topological polar surface area (TPSA) is 21.6 Å². The van der Waals surface area contributed by atoms with Crippen molar-refractivity contribution in [3.8, 4) is 0 Å². The third kappa shape index (κ3) is 1.44. The standard InChI is InChI=1S/C7H9NO/c1-4-6-5-7(2,3)9-8-6/h2-3H,4-5H2,1H3. The summed E-state index contributed by atoms with van der Waals surface area (Å²) >= 11 is 0. The highest BCUT2D eigenvalue weighted by molar-refractivity contribution is 5.86. The van der Waals surface area contributed by atoms with Crippen molar-refractivity contribution >= 4 is 5.71 Å². The van der Waals surface area contributed by atoms with Gasteiger partial charge >= 0.3 is 0 Å². The smallest absolute Gasteiger partial charge is 0.150 e. The van der Waals surface area contributed by atoms with Crippen LogP contribution in [-0.4, -0.2) is 11.3 Å². The summed E-state index contributed by atoms with van der Waals surface area (Å²) < 4.78 is 0. The molecule has 0 aromatic carbocycles. The van der Waals surface area contributed by atoms with Crippen LogP contribution in [0.15, 0.2) is 5.16 Å². The molecule has 9 heavy (non-hydrogen) atoms. The molecule has 1 aliphatic rings. The lowest BCUT2D eigenvalue weighted by atomic mass is 10.0. The minimum Gasteiger partial charge on any atom is -0.388 e. The minimum absolute atomic E-state index is 0.545. The summed E-state index contributed by atoms with van der Waals surface area (Å²) in [5.74, 6) is 0. The van der Waals surface area contributed by atoms with Crippen LogP contribution in [0.25, 0.3) is 0 Å². The average Bonchev–Trinajstić information content (AvgIpc) is 2.10. The molecule has 0 unspecified atom stereocenters. The Kier molecular flexibility index (Phi) is 1.47. The normalized spacial score (nSPS) is 23.2. The molecule has 0 bridgehead atoms. The molecular weight excluding hydrogens is 114 g/mol. The summed E-state index contributed by atoms with van der Waals surface area (Å²) in [6.45, 7) is 12.8. The second-order valence-electron chi connectivity index (χ2n) is 2.23. The van der Waals surface area contributed by atoms with Gasteiger partial charge in [0.05, 0.1) is 5.71 Å². The molecule has 0 spiro atoms. The van der Waals surface area contributed by atoms with Gasteiger partial charge < -0.3 is 4.84 Å². The lowest BCUT2D eigenvalue weighted by Gasteiger charge is -2.11. The van der Waals surface area contributed by atoms with Crippen molar-refractivity contribution in [2.75, 3.05) is 0 Å². The summed E-state index contributed by atoms with van der Waals surface area (Å²) in [7, 11) is 0. The van der Waals surface area contributed by atoms with Crippen LogP contribution in [0.2, 0.25) is 0 Å². The van der Waals surface area contributed by atoms with Crippen LogP contribution in [0.1, 0.15) is 19.8 Å². The Labute approximate surface area is 55.9 Å². The Morgan fingerprint density at radius 1 is 1.78 bits per heavy atom. The van der Waals surface area contributed by atoms with Crippen molar-refractivity contribution in [3.63, 3.8) is 0 Å². The molecule has 4 radical (unpaired) electrons. The summed E-state index contributed by atoms with van der Waals surface area (Å²) in [5, 5.41) is 3.67. The summed E-state index contributed by atoms with van der Waals surface area (Å²) in [6.07, 6.45) is 1.40. The summed E-state index contributed by atoms with van der Waals surface area (Å²) in [4.78, 5) is 4.69. The van der Waals surface area contributed by atoms with Gasteiger partial charge in [-0.15, -0.1) is 0 Å². The van der Waals surface area contributed by atoms with Crippen LogP contribution in [0.3, 0.4) is 0 Å². The maximum Gasteiger partial charge on any atom is 0.150 e. The van der Waals surface area contributed by atoms with E-state index in [2.05, 4.69) is 9.99 Å². The highest BCUT2D eigenvalue weighted by Crippen LogP contribution is 2.22. The first-order valence-corrected chi connectivity index (χ1v) is 2.96. The second-order valence-corrected chi connectivity index (χ2v) is 2.23. The van der Waals surface area contributed by atoms with Crippen molar-refractivity contribution < 1.29 is 4.84 Å². The van der Waals surface area contributed by atoms with Crippen LogP contribution in [0.4, 0.5) is 0 Å². The molecule has 0 amide bonds. The van der Waals surface area contributed by atoms with Gasteiger partial charge in [0.25, 0.3) is 0 Å². The van der Waals surface area contributed by atoms with E-state index in [1.54, 1.807) is 0 Å². The van der Waals surface area contributed by atoms with Crippen molar-refractivity contribution in [1.82, 2.24) is 0 Å². The fourth-order valence-electron chi connectivity index (χ4n) is 0.723. The highest BCUT2D eigenvalue weighted by Gasteiger charge is 2.28. The van der Waals surface area contributed by atoms with Gasteiger partial charge in [-0.2, -0.15) is 0 Å². The first kappa shape index (κ1) is 6.59. The van der Waals surface area contributed by atoms with Gasteiger partial charge in [-0.05, 0) is 6.42 Å². The molecule has 48 valence electrons. The van der Waals surface area contributed by atoms with Gasteiger partial charge in [-0.1, -0.05) is 12.1 Å². The molecule has 1 heterocycles. The Hall–Kier alpha value is -0.530. The number of oxime groups is 1. The zero-order valence-electron chi connectivity index (χ0n) is 5.42. The predicted molar refractivity (Wildman–Crippen MR) is 34.8 cm³/mol. The molecule has 1 rings (SSSR count). The van der Waals surface area contributed by atoms with Gasteiger partial charge in [0.2, 0.25) is 0 Å². The van der Waals surface area contributed by atoms with E-state index in [9.17, 15) is 0 Å². The molecule has 0 saturated carbocycles. The van der Waals surface area contributed by atoms with E-state index in [1.165, 1.54) is 0 Å². The maximum absolute atomic E-state index is 5.38. The predicted octanol–water partition coefficient (Wildman–Crippen LogP) is 1.33. The Morgan fingerprint density at radius 2 is 2.44 bits per heavy atom. The van der Waals surface area contributed by atoms with Gasteiger partial charge in [0, 0.05) is 20.3 Å². The quantitative estimate of drug-likeness (QED) is 0.515. The molecule has 0 aromatic rings. The van der Waals surface area contributed by atoms with E-state index in [0.29, 0.717) is 6.42 Å². The lowest BCUT2D eigenvalue weighted by molar-refractivity contribution is 0.0549. The number of rotatable bonds is 1. The summed E-state index contributed by atoms with van der Waals surface area (Å²) in [5.41, 5.74) is -0.106. The van der Waals surface area contributed by atoms with Crippen LogP contribution < -0.4 is 0 Å². The van der Waals surface area contributed by atoms with Crippen molar-refractivity contribution in [3.05, 3.63) is 13.8 Å². The van der Waals surface area contributed by atoms with Gasteiger partial charge in [-0.3, -0.25) is 0 Å². The van der Waals surface area contributed by atoms with Gasteiger partial charge in [0.15, 0.2) is 0 Å². The van der Waals surface area contributed by atoms with Crippen LogP contribution in [0.5, 0.6) is 0 Å². The molecule has 0 N–H and O–H groups in total. The van der Waals surface area contributed by atoms with Gasteiger partial charge in [0.1, 0.15) is 5.60 Å². The first-order chi connectivity index (χ1) is 4.14. The molecule has 1 aliphatic heterocycles. The van der Waals surface area contributed by atoms with Crippen molar-refractivity contribution in [1.29, 1.82) is 0 Å². The summed E-state index contributed by atoms with van der Waals surface area (Å²) in [6, 6.07) is 0. The largest absolute Gasteiger partial charge is 0.388 e. The van der Waals surface area contributed by atoms with E-state index in [-0.39, 0.29) is 0 Å². The minimum atomic E-state index is -1.04. The van der Waals surface area contributed by atoms with E-state index in [4.69, 9.17) is 13.8 Å². The molecule has 2 heteroatoms. The fraction of sp³-hybridized carbons (Fsp3) is 0.571. The van der Waals surface area contributed by atoms with E-state index in [0.717, 1.165) is 12.1 Å². The van der Waals surface area contributed by atoms with Crippen LogP contribution in [-0.2, 0) is 4.84 Å². The van der Waals surface area contributed by atoms with Crippen LogP contribution in [0, 0.1) is 13.8 Å². The Morgan fingerprint density at radius 3 is 2.67 bits per heavy atom. The number of nitrogens with zero attached hydrogens (tertiary/aromatic N) is 1. The third-order valence-corrected chi connectivity index (χ3v) is 1.23. The fourth-order valence-corrected chi connectivity index (χ4v) is 0.723. The Balaban J connectivity index is 2.50. The van der Waals surface area contributed by atoms with E-state index in [1.807, 2.05) is 6.92 Å². The first-order valence-electron chi connectivity index (χ1n) is 2.96.